The van der Waals surface area contributed by atoms with Crippen LogP contribution in [0.4, 0.5) is 0 Å². The standard InChI is InChI=1S/C25H28Cl3NO6S/c1-4-20(13-36(33,34)14(2)3)29-23(15-5-7-17(26)8-6-15)24(16-9-18(27)11-19(28)10-16)35-21(25(29)32)12-22(30)31/h5-11,14,20-21,23-24H,4,12-13H2,1-3H3,(H,30,31)/t20-,21+,23+,24+/m0/s1. The lowest BCUT2D eigenvalue weighted by Gasteiger charge is -2.48. The number of carbonyl (C=O) groups is 2. The maximum atomic E-state index is 13.7. The molecule has 0 radical (unpaired) electrons. The van der Waals surface area contributed by atoms with Crippen LogP contribution in [0.2, 0.25) is 15.1 Å². The van der Waals surface area contributed by atoms with E-state index in [1.807, 2.05) is 0 Å². The van der Waals surface area contributed by atoms with Gasteiger partial charge >= 0.3 is 5.97 Å². The maximum absolute atomic E-state index is 13.7. The van der Waals surface area contributed by atoms with Gasteiger partial charge in [-0.3, -0.25) is 9.59 Å². The second kappa shape index (κ2) is 11.7. The van der Waals surface area contributed by atoms with Crippen molar-refractivity contribution in [1.29, 1.82) is 0 Å². The summed E-state index contributed by atoms with van der Waals surface area (Å²) in [7, 11) is -3.55. The normalized spacial score (nSPS) is 21.6. The SMILES string of the molecule is CC[C@@H](CS(=O)(=O)C(C)C)N1C(=O)[C@@H](CC(=O)O)O[C@H](c2cc(Cl)cc(Cl)c2)[C@H]1c1ccc(Cl)cc1. The summed E-state index contributed by atoms with van der Waals surface area (Å²) in [6.45, 7) is 4.97. The number of carboxylic acids is 1. The molecule has 0 unspecified atom stereocenters. The minimum Gasteiger partial charge on any atom is -0.481 e. The van der Waals surface area contributed by atoms with E-state index in [1.165, 1.54) is 4.90 Å². The monoisotopic (exact) mass is 575 g/mol. The Morgan fingerprint density at radius 2 is 1.61 bits per heavy atom. The predicted octanol–water partition coefficient (Wildman–Crippen LogP) is 5.73. The number of hydrogen-bond acceptors (Lipinski definition) is 5. The fourth-order valence-corrected chi connectivity index (χ4v) is 6.30. The lowest BCUT2D eigenvalue weighted by molar-refractivity contribution is -0.182. The van der Waals surface area contributed by atoms with Crippen molar-refractivity contribution in [3.8, 4) is 0 Å². The predicted molar refractivity (Wildman–Crippen MR) is 140 cm³/mol. The van der Waals surface area contributed by atoms with Gasteiger partial charge < -0.3 is 14.7 Å². The molecule has 196 valence electrons. The first-order valence-electron chi connectivity index (χ1n) is 11.5. The van der Waals surface area contributed by atoms with Gasteiger partial charge in [0.2, 0.25) is 0 Å². The summed E-state index contributed by atoms with van der Waals surface area (Å²) in [4.78, 5) is 26.8. The number of hydrogen-bond donors (Lipinski definition) is 1. The number of amides is 1. The van der Waals surface area contributed by atoms with Crippen molar-refractivity contribution in [3.05, 3.63) is 68.7 Å². The lowest BCUT2D eigenvalue weighted by atomic mass is 9.89. The molecule has 7 nitrogen and oxygen atoms in total. The average molecular weight is 577 g/mol. The van der Waals surface area contributed by atoms with Gasteiger partial charge in [-0.25, -0.2) is 8.42 Å². The van der Waals surface area contributed by atoms with Crippen molar-refractivity contribution in [2.75, 3.05) is 5.75 Å². The molecule has 2 aromatic carbocycles. The first-order valence-corrected chi connectivity index (χ1v) is 14.3. The Hall–Kier alpha value is -1.84. The van der Waals surface area contributed by atoms with Crippen molar-refractivity contribution in [2.45, 2.75) is 63.2 Å². The van der Waals surface area contributed by atoms with Crippen molar-refractivity contribution in [3.63, 3.8) is 0 Å². The summed E-state index contributed by atoms with van der Waals surface area (Å²) in [5.41, 5.74) is 1.17. The first-order chi connectivity index (χ1) is 16.8. The van der Waals surface area contributed by atoms with Crippen LogP contribution in [0.25, 0.3) is 0 Å². The number of carbonyl (C=O) groups excluding carboxylic acids is 1. The molecule has 1 saturated heterocycles. The summed E-state index contributed by atoms with van der Waals surface area (Å²) in [6, 6.07) is 10.1. The molecule has 0 aliphatic carbocycles. The highest BCUT2D eigenvalue weighted by atomic mass is 35.5. The van der Waals surface area contributed by atoms with E-state index in [1.54, 1.807) is 63.2 Å². The summed E-state index contributed by atoms with van der Waals surface area (Å²) in [5.74, 6) is -2.09. The largest absolute Gasteiger partial charge is 0.481 e. The highest BCUT2D eigenvalue weighted by Crippen LogP contribution is 2.45. The van der Waals surface area contributed by atoms with Crippen molar-refractivity contribution < 1.29 is 27.9 Å². The van der Waals surface area contributed by atoms with Crippen LogP contribution in [-0.4, -0.2) is 53.4 Å². The van der Waals surface area contributed by atoms with Crippen LogP contribution < -0.4 is 0 Å². The third-order valence-corrected chi connectivity index (χ3v) is 9.19. The fraction of sp³-hybridized carbons (Fsp3) is 0.440. The minimum absolute atomic E-state index is 0.278. The van der Waals surface area contributed by atoms with Crippen LogP contribution in [0.3, 0.4) is 0 Å². The van der Waals surface area contributed by atoms with E-state index in [0.29, 0.717) is 32.6 Å². The molecule has 0 saturated carbocycles. The number of aliphatic carboxylic acids is 1. The van der Waals surface area contributed by atoms with Crippen LogP contribution >= 0.6 is 34.8 Å². The summed E-state index contributed by atoms with van der Waals surface area (Å²) in [5, 5.41) is 9.99. The number of halogens is 3. The van der Waals surface area contributed by atoms with Gasteiger partial charge in [-0.2, -0.15) is 0 Å². The number of morpholine rings is 1. The number of carboxylic acid groups (broad SMARTS) is 1. The Kier molecular flexibility index (Phi) is 9.33. The zero-order valence-corrected chi connectivity index (χ0v) is 23.1. The Bertz CT molecular complexity index is 1200. The van der Waals surface area contributed by atoms with Gasteiger partial charge in [-0.1, -0.05) is 53.9 Å². The van der Waals surface area contributed by atoms with Gasteiger partial charge in [0.1, 0.15) is 12.2 Å². The van der Waals surface area contributed by atoms with Gasteiger partial charge in [-0.05, 0) is 61.7 Å². The Labute approximate surface area is 226 Å². The van der Waals surface area contributed by atoms with Gasteiger partial charge in [0.05, 0.1) is 23.5 Å². The molecular weight excluding hydrogens is 549 g/mol. The number of rotatable bonds is 9. The molecule has 1 fully saturated rings. The smallest absolute Gasteiger partial charge is 0.306 e. The molecule has 1 aliphatic heterocycles. The molecule has 3 rings (SSSR count). The quantitative estimate of drug-likeness (QED) is 0.409. The van der Waals surface area contributed by atoms with Crippen molar-refractivity contribution in [2.24, 2.45) is 0 Å². The molecule has 1 N–H and O–H groups in total. The highest BCUT2D eigenvalue weighted by Gasteiger charge is 2.48. The maximum Gasteiger partial charge on any atom is 0.306 e. The molecule has 0 bridgehead atoms. The summed E-state index contributed by atoms with van der Waals surface area (Å²) >= 11 is 18.7. The van der Waals surface area contributed by atoms with E-state index < -0.39 is 57.7 Å². The molecule has 0 aromatic heterocycles. The van der Waals surface area contributed by atoms with Crippen LogP contribution in [0.1, 0.15) is 56.9 Å². The molecule has 0 spiro atoms. The number of nitrogens with zero attached hydrogens (tertiary/aromatic N) is 1. The first kappa shape index (κ1) is 28.7. The van der Waals surface area contributed by atoms with E-state index in [-0.39, 0.29) is 5.75 Å². The zero-order valence-electron chi connectivity index (χ0n) is 20.0. The van der Waals surface area contributed by atoms with Gasteiger partial charge in [0, 0.05) is 21.1 Å². The second-order valence-corrected chi connectivity index (χ2v) is 12.9. The molecule has 1 aliphatic rings. The van der Waals surface area contributed by atoms with Crippen LogP contribution in [0.15, 0.2) is 42.5 Å². The number of ether oxygens (including phenoxy) is 1. The minimum atomic E-state index is -3.55. The van der Waals surface area contributed by atoms with E-state index in [4.69, 9.17) is 39.5 Å². The molecular formula is C25H28Cl3NO6S. The molecule has 2 aromatic rings. The molecule has 1 amide bonds. The van der Waals surface area contributed by atoms with Crippen molar-refractivity contribution in [1.82, 2.24) is 4.90 Å². The fourth-order valence-electron chi connectivity index (χ4n) is 4.31. The van der Waals surface area contributed by atoms with E-state index >= 15 is 0 Å². The number of benzene rings is 2. The molecule has 11 heteroatoms. The third kappa shape index (κ3) is 6.53. The zero-order chi connectivity index (χ0) is 26.8. The summed E-state index contributed by atoms with van der Waals surface area (Å²) < 4.78 is 32.0. The van der Waals surface area contributed by atoms with Crippen LogP contribution in [0, 0.1) is 0 Å². The van der Waals surface area contributed by atoms with Gasteiger partial charge in [0.25, 0.3) is 5.91 Å². The second-order valence-electron chi connectivity index (χ2n) is 9.03. The Balaban J connectivity index is 2.23. The van der Waals surface area contributed by atoms with E-state index in [2.05, 4.69) is 0 Å². The Morgan fingerprint density at radius 3 is 2.11 bits per heavy atom. The number of sulfone groups is 1. The lowest BCUT2D eigenvalue weighted by Crippen LogP contribution is -2.56. The average Bonchev–Trinajstić information content (AvgIpc) is 2.78. The van der Waals surface area contributed by atoms with Gasteiger partial charge in [0.15, 0.2) is 9.84 Å². The highest BCUT2D eigenvalue weighted by molar-refractivity contribution is 7.92. The van der Waals surface area contributed by atoms with Crippen molar-refractivity contribution >= 4 is 56.5 Å². The van der Waals surface area contributed by atoms with Crippen LogP contribution in [0.5, 0.6) is 0 Å². The van der Waals surface area contributed by atoms with E-state index in [0.717, 1.165) is 0 Å². The van der Waals surface area contributed by atoms with Gasteiger partial charge in [-0.15, -0.1) is 0 Å². The van der Waals surface area contributed by atoms with E-state index in [9.17, 15) is 23.1 Å². The third-order valence-electron chi connectivity index (χ3n) is 6.22. The van der Waals surface area contributed by atoms with Crippen LogP contribution in [-0.2, 0) is 24.2 Å². The molecule has 4 atom stereocenters. The Morgan fingerprint density at radius 1 is 1.03 bits per heavy atom. The molecule has 1 heterocycles. The molecule has 36 heavy (non-hydrogen) atoms. The summed E-state index contributed by atoms with van der Waals surface area (Å²) in [6.07, 6.45) is -2.46. The topological polar surface area (TPSA) is 101 Å².